The van der Waals surface area contributed by atoms with Gasteiger partial charge in [0.05, 0.1) is 6.54 Å². The molecule has 0 aliphatic heterocycles. The number of unbranched alkanes of at least 4 members (excludes halogenated alkanes) is 6. The van der Waals surface area contributed by atoms with E-state index in [1.54, 1.807) is 11.0 Å². The maximum Gasteiger partial charge on any atom is 0.190 e. The van der Waals surface area contributed by atoms with E-state index >= 15 is 0 Å². The molecule has 0 amide bonds. The molecule has 2 aromatic carbocycles. The van der Waals surface area contributed by atoms with Gasteiger partial charge in [-0.1, -0.05) is 87.1 Å². The molecule has 0 aromatic heterocycles. The van der Waals surface area contributed by atoms with Crippen LogP contribution < -0.4 is 4.90 Å². The van der Waals surface area contributed by atoms with E-state index in [4.69, 9.17) is 0 Å². The highest BCUT2D eigenvalue weighted by Gasteiger charge is 2.12. The van der Waals surface area contributed by atoms with E-state index in [-0.39, 0.29) is 5.95 Å². The van der Waals surface area contributed by atoms with Crippen LogP contribution >= 0.6 is 0 Å². The van der Waals surface area contributed by atoms with Crippen LogP contribution in [0.2, 0.25) is 0 Å². The van der Waals surface area contributed by atoms with Crippen LogP contribution in [0.5, 0.6) is 0 Å². The van der Waals surface area contributed by atoms with Gasteiger partial charge in [-0.05, 0) is 43.5 Å². The zero-order valence-corrected chi connectivity index (χ0v) is 16.3. The summed E-state index contributed by atoms with van der Waals surface area (Å²) < 4.78 is 15.0. The molecule has 0 aliphatic carbocycles. The first-order valence-corrected chi connectivity index (χ1v) is 9.94. The molecule has 0 fully saturated rings. The highest BCUT2D eigenvalue weighted by Crippen LogP contribution is 2.24. The molecule has 0 aliphatic rings. The lowest BCUT2D eigenvalue weighted by atomic mass is 10.1. The van der Waals surface area contributed by atoms with Crippen molar-refractivity contribution in [2.75, 3.05) is 4.90 Å². The van der Waals surface area contributed by atoms with Gasteiger partial charge in [0.25, 0.3) is 0 Å². The van der Waals surface area contributed by atoms with E-state index in [1.807, 2.05) is 54.6 Å². The second-order valence-corrected chi connectivity index (χ2v) is 6.99. The number of benzene rings is 2. The molecular weight excluding hydrogens is 321 g/mol. The Morgan fingerprint density at radius 3 is 2.23 bits per heavy atom. The van der Waals surface area contributed by atoms with E-state index in [0.717, 1.165) is 24.1 Å². The van der Waals surface area contributed by atoms with Gasteiger partial charge in [-0.25, -0.2) is 0 Å². The standard InChI is InChI=1S/C24H32FN/c1-3-4-5-6-7-8-12-15-24(25)26(20-22-13-10-9-11-14-22)23-18-16-21(2)17-19-23/h9-11,13-19H,3-8,12,20H2,1-2H3/b24-15-. The van der Waals surface area contributed by atoms with Crippen LogP contribution in [0, 0.1) is 6.92 Å². The minimum atomic E-state index is -0.147. The average Bonchev–Trinajstić information content (AvgIpc) is 2.67. The lowest BCUT2D eigenvalue weighted by molar-refractivity contribution is 0.570. The number of hydrogen-bond donors (Lipinski definition) is 0. The largest absolute Gasteiger partial charge is 0.314 e. The van der Waals surface area contributed by atoms with Gasteiger partial charge in [-0.3, -0.25) is 0 Å². The Kier molecular flexibility index (Phi) is 8.95. The van der Waals surface area contributed by atoms with Crippen molar-refractivity contribution in [3.05, 3.63) is 77.8 Å². The summed E-state index contributed by atoms with van der Waals surface area (Å²) in [4.78, 5) is 1.77. The first-order valence-electron chi connectivity index (χ1n) is 9.94. The molecule has 0 saturated carbocycles. The predicted molar refractivity (Wildman–Crippen MR) is 111 cm³/mol. The minimum Gasteiger partial charge on any atom is -0.314 e. The third-order valence-electron chi connectivity index (χ3n) is 4.66. The molecule has 0 atom stereocenters. The fourth-order valence-corrected chi connectivity index (χ4v) is 3.04. The second kappa shape index (κ2) is 11.5. The predicted octanol–water partition coefficient (Wildman–Crippen LogP) is 7.56. The number of allylic oxidation sites excluding steroid dienone is 1. The molecular formula is C24H32FN. The molecule has 0 radical (unpaired) electrons. The molecule has 0 unspecified atom stereocenters. The summed E-state index contributed by atoms with van der Waals surface area (Å²) in [6.45, 7) is 4.82. The fraction of sp³-hybridized carbons (Fsp3) is 0.417. The van der Waals surface area contributed by atoms with Gasteiger partial charge in [0.15, 0.2) is 5.95 Å². The number of anilines is 1. The van der Waals surface area contributed by atoms with Crippen molar-refractivity contribution in [3.63, 3.8) is 0 Å². The maximum atomic E-state index is 15.0. The third-order valence-corrected chi connectivity index (χ3v) is 4.66. The van der Waals surface area contributed by atoms with Crippen molar-refractivity contribution in [2.45, 2.75) is 65.3 Å². The summed E-state index contributed by atoms with van der Waals surface area (Å²) in [6, 6.07) is 18.1. The van der Waals surface area contributed by atoms with E-state index < -0.39 is 0 Å². The number of aryl methyl sites for hydroxylation is 1. The molecule has 0 N–H and O–H groups in total. The minimum absolute atomic E-state index is 0.147. The Hall–Kier alpha value is -2.09. The van der Waals surface area contributed by atoms with Crippen LogP contribution in [-0.2, 0) is 6.54 Å². The van der Waals surface area contributed by atoms with Crippen molar-refractivity contribution in [1.29, 1.82) is 0 Å². The Balaban J connectivity index is 2.00. The molecule has 0 bridgehead atoms. The average molecular weight is 354 g/mol. The van der Waals surface area contributed by atoms with Crippen LogP contribution in [0.25, 0.3) is 0 Å². The van der Waals surface area contributed by atoms with E-state index in [0.29, 0.717) is 6.54 Å². The van der Waals surface area contributed by atoms with E-state index in [1.165, 1.54) is 37.7 Å². The zero-order chi connectivity index (χ0) is 18.6. The molecule has 2 rings (SSSR count). The van der Waals surface area contributed by atoms with E-state index in [9.17, 15) is 4.39 Å². The molecule has 2 aromatic rings. The normalized spacial score (nSPS) is 11.6. The van der Waals surface area contributed by atoms with Gasteiger partial charge in [0, 0.05) is 5.69 Å². The van der Waals surface area contributed by atoms with Crippen LogP contribution in [0.15, 0.2) is 66.6 Å². The Labute approximate surface area is 158 Å². The van der Waals surface area contributed by atoms with Crippen LogP contribution in [0.1, 0.15) is 63.0 Å². The summed E-state index contributed by atoms with van der Waals surface area (Å²) in [6.07, 6.45) is 9.93. The van der Waals surface area contributed by atoms with Crippen LogP contribution in [0.4, 0.5) is 10.1 Å². The molecule has 0 spiro atoms. The van der Waals surface area contributed by atoms with E-state index in [2.05, 4.69) is 13.8 Å². The van der Waals surface area contributed by atoms with Gasteiger partial charge < -0.3 is 4.90 Å². The molecule has 140 valence electrons. The molecule has 2 heteroatoms. The van der Waals surface area contributed by atoms with Crippen molar-refractivity contribution >= 4 is 5.69 Å². The highest BCUT2D eigenvalue weighted by molar-refractivity contribution is 5.52. The number of rotatable bonds is 11. The highest BCUT2D eigenvalue weighted by atomic mass is 19.1. The van der Waals surface area contributed by atoms with Gasteiger partial charge in [-0.15, -0.1) is 0 Å². The fourth-order valence-electron chi connectivity index (χ4n) is 3.04. The molecule has 26 heavy (non-hydrogen) atoms. The summed E-state index contributed by atoms with van der Waals surface area (Å²) in [5.41, 5.74) is 3.19. The monoisotopic (exact) mass is 353 g/mol. The zero-order valence-electron chi connectivity index (χ0n) is 16.3. The van der Waals surface area contributed by atoms with Crippen molar-refractivity contribution in [3.8, 4) is 0 Å². The topological polar surface area (TPSA) is 3.24 Å². The van der Waals surface area contributed by atoms with Gasteiger partial charge in [0.1, 0.15) is 0 Å². The van der Waals surface area contributed by atoms with Gasteiger partial charge in [0.2, 0.25) is 0 Å². The third kappa shape index (κ3) is 7.03. The first-order chi connectivity index (χ1) is 12.7. The van der Waals surface area contributed by atoms with Crippen molar-refractivity contribution in [2.24, 2.45) is 0 Å². The van der Waals surface area contributed by atoms with Crippen LogP contribution in [0.3, 0.4) is 0 Å². The summed E-state index contributed by atoms with van der Waals surface area (Å²) in [7, 11) is 0. The van der Waals surface area contributed by atoms with Crippen molar-refractivity contribution < 1.29 is 4.39 Å². The Morgan fingerprint density at radius 1 is 0.885 bits per heavy atom. The SMILES string of the molecule is CCCCCCCC/C=C(/F)N(Cc1ccccc1)c1ccc(C)cc1. The van der Waals surface area contributed by atoms with Gasteiger partial charge >= 0.3 is 0 Å². The van der Waals surface area contributed by atoms with Crippen molar-refractivity contribution in [1.82, 2.24) is 0 Å². The lowest BCUT2D eigenvalue weighted by Crippen LogP contribution is -2.19. The summed E-state index contributed by atoms with van der Waals surface area (Å²) in [5, 5.41) is 0. The number of halogens is 1. The molecule has 1 nitrogen and oxygen atoms in total. The lowest BCUT2D eigenvalue weighted by Gasteiger charge is -2.23. The summed E-state index contributed by atoms with van der Waals surface area (Å²) >= 11 is 0. The summed E-state index contributed by atoms with van der Waals surface area (Å²) in [5.74, 6) is -0.147. The Morgan fingerprint density at radius 2 is 1.54 bits per heavy atom. The second-order valence-electron chi connectivity index (χ2n) is 6.99. The quantitative estimate of drug-likeness (QED) is 0.297. The van der Waals surface area contributed by atoms with Crippen LogP contribution in [-0.4, -0.2) is 0 Å². The smallest absolute Gasteiger partial charge is 0.190 e. The Bertz CT molecular complexity index is 646. The number of hydrogen-bond acceptors (Lipinski definition) is 1. The first kappa shape index (κ1) is 20.2. The maximum absolute atomic E-state index is 15.0. The molecule has 0 heterocycles. The molecule has 0 saturated heterocycles. The van der Waals surface area contributed by atoms with Gasteiger partial charge in [-0.2, -0.15) is 4.39 Å². The number of nitrogens with zero attached hydrogens (tertiary/aromatic N) is 1.